The van der Waals surface area contributed by atoms with Gasteiger partial charge in [-0.2, -0.15) is 4.98 Å². The molecule has 20 heavy (non-hydrogen) atoms. The summed E-state index contributed by atoms with van der Waals surface area (Å²) in [6.45, 7) is 1.04. The van der Waals surface area contributed by atoms with Crippen LogP contribution in [0.3, 0.4) is 0 Å². The summed E-state index contributed by atoms with van der Waals surface area (Å²) >= 11 is 5.99. The number of nitrogens with one attached hydrogen (secondary N) is 1. The molecular weight excluding hydrogens is 281 g/mol. The van der Waals surface area contributed by atoms with Gasteiger partial charge in [0.2, 0.25) is 5.89 Å². The topological polar surface area (TPSA) is 51.0 Å². The van der Waals surface area contributed by atoms with Crippen LogP contribution in [0, 0.1) is 5.82 Å². The van der Waals surface area contributed by atoms with Gasteiger partial charge in [0.25, 0.3) is 0 Å². The van der Waals surface area contributed by atoms with Crippen LogP contribution >= 0.6 is 11.6 Å². The molecule has 1 fully saturated rings. The second kappa shape index (κ2) is 5.89. The van der Waals surface area contributed by atoms with Crippen molar-refractivity contribution >= 4 is 11.6 Å². The molecule has 1 N–H and O–H groups in total. The van der Waals surface area contributed by atoms with E-state index in [2.05, 4.69) is 15.5 Å². The van der Waals surface area contributed by atoms with Crippen molar-refractivity contribution in [2.45, 2.75) is 31.7 Å². The third kappa shape index (κ3) is 2.99. The van der Waals surface area contributed by atoms with Crippen LogP contribution in [0.5, 0.6) is 0 Å². The van der Waals surface area contributed by atoms with Crippen molar-refractivity contribution < 1.29 is 8.91 Å². The maximum absolute atomic E-state index is 13.7. The third-order valence-electron chi connectivity index (χ3n) is 3.49. The highest BCUT2D eigenvalue weighted by atomic mass is 35.5. The minimum atomic E-state index is -0.346. The number of aromatic nitrogens is 2. The van der Waals surface area contributed by atoms with Gasteiger partial charge < -0.3 is 9.84 Å². The summed E-state index contributed by atoms with van der Waals surface area (Å²) in [5.41, 5.74) is 0.403. The molecule has 4 nitrogen and oxygen atoms in total. The van der Waals surface area contributed by atoms with Gasteiger partial charge in [-0.3, -0.25) is 0 Å². The van der Waals surface area contributed by atoms with Crippen molar-refractivity contribution in [2.24, 2.45) is 0 Å². The normalized spacial score (nSPS) is 18.6. The number of hydrogen-bond acceptors (Lipinski definition) is 4. The largest absolute Gasteiger partial charge is 0.339 e. The number of hydrogen-bond donors (Lipinski definition) is 1. The molecule has 2 heterocycles. The molecule has 0 saturated carbocycles. The highest BCUT2D eigenvalue weighted by molar-refractivity contribution is 6.31. The molecule has 1 atom stereocenters. The quantitative estimate of drug-likeness (QED) is 0.942. The summed E-state index contributed by atoms with van der Waals surface area (Å²) in [4.78, 5) is 4.31. The van der Waals surface area contributed by atoms with E-state index in [0.717, 1.165) is 19.4 Å². The van der Waals surface area contributed by atoms with Crippen LogP contribution in [0.2, 0.25) is 5.02 Å². The fourth-order valence-electron chi connectivity index (χ4n) is 2.45. The van der Waals surface area contributed by atoms with E-state index in [1.54, 1.807) is 12.1 Å². The first-order valence-corrected chi connectivity index (χ1v) is 7.08. The zero-order chi connectivity index (χ0) is 13.9. The Labute approximate surface area is 121 Å². The highest BCUT2D eigenvalue weighted by Crippen LogP contribution is 2.21. The van der Waals surface area contributed by atoms with Crippen molar-refractivity contribution in [3.8, 4) is 0 Å². The van der Waals surface area contributed by atoms with E-state index in [-0.39, 0.29) is 12.2 Å². The van der Waals surface area contributed by atoms with E-state index in [4.69, 9.17) is 16.1 Å². The molecule has 0 spiro atoms. The Bertz CT molecular complexity index is 576. The van der Waals surface area contributed by atoms with Gasteiger partial charge >= 0.3 is 0 Å². The summed E-state index contributed by atoms with van der Waals surface area (Å²) in [7, 11) is 0. The average molecular weight is 296 g/mol. The van der Waals surface area contributed by atoms with Crippen LogP contribution in [0.1, 0.15) is 30.1 Å². The molecule has 0 bridgehead atoms. The van der Waals surface area contributed by atoms with E-state index in [1.165, 1.54) is 12.5 Å². The van der Waals surface area contributed by atoms with Crippen molar-refractivity contribution in [3.05, 3.63) is 46.3 Å². The van der Waals surface area contributed by atoms with Crippen LogP contribution in [-0.2, 0) is 12.8 Å². The molecule has 1 aliphatic rings. The van der Waals surface area contributed by atoms with Gasteiger partial charge in [-0.1, -0.05) is 22.8 Å². The monoisotopic (exact) mass is 295 g/mol. The third-order valence-corrected chi connectivity index (χ3v) is 3.84. The lowest BCUT2D eigenvalue weighted by Crippen LogP contribution is -2.23. The van der Waals surface area contributed by atoms with Crippen molar-refractivity contribution in [1.82, 2.24) is 15.5 Å². The Hall–Kier alpha value is -1.46. The lowest BCUT2D eigenvalue weighted by molar-refractivity contribution is 0.360. The van der Waals surface area contributed by atoms with Gasteiger partial charge in [0.15, 0.2) is 5.82 Å². The van der Waals surface area contributed by atoms with E-state index >= 15 is 0 Å². The predicted octanol–water partition coefficient (Wildman–Crippen LogP) is 2.75. The summed E-state index contributed by atoms with van der Waals surface area (Å²) in [5.74, 6) is 0.707. The molecule has 0 aliphatic carbocycles. The highest BCUT2D eigenvalue weighted by Gasteiger charge is 2.19. The summed E-state index contributed by atoms with van der Waals surface area (Å²) < 4.78 is 18.9. The molecular formula is C14H15ClFN3O. The Morgan fingerprint density at radius 1 is 1.45 bits per heavy atom. The van der Waals surface area contributed by atoms with Crippen molar-refractivity contribution in [3.63, 3.8) is 0 Å². The average Bonchev–Trinajstić information content (AvgIpc) is 3.07. The van der Waals surface area contributed by atoms with Crippen LogP contribution in [-0.4, -0.2) is 22.7 Å². The molecule has 0 amide bonds. The Balaban J connectivity index is 1.70. The smallest absolute Gasteiger partial charge is 0.228 e. The van der Waals surface area contributed by atoms with E-state index < -0.39 is 0 Å². The number of rotatable bonds is 4. The summed E-state index contributed by atoms with van der Waals surface area (Å²) in [6, 6.07) is 5.02. The minimum Gasteiger partial charge on any atom is -0.339 e. The van der Waals surface area contributed by atoms with E-state index in [9.17, 15) is 4.39 Å². The Morgan fingerprint density at radius 3 is 3.10 bits per heavy atom. The zero-order valence-corrected chi connectivity index (χ0v) is 11.7. The maximum atomic E-state index is 13.7. The molecule has 3 rings (SSSR count). The summed E-state index contributed by atoms with van der Waals surface area (Å²) in [6.07, 6.45) is 3.26. The van der Waals surface area contributed by atoms with Crippen LogP contribution in [0.25, 0.3) is 0 Å². The fourth-order valence-corrected chi connectivity index (χ4v) is 2.68. The molecule has 1 aliphatic heterocycles. The van der Waals surface area contributed by atoms with Crippen molar-refractivity contribution in [2.75, 3.05) is 6.54 Å². The summed E-state index contributed by atoms with van der Waals surface area (Å²) in [5, 5.41) is 7.65. The number of halogens is 2. The maximum Gasteiger partial charge on any atom is 0.228 e. The first-order chi connectivity index (χ1) is 9.72. The molecule has 1 unspecified atom stereocenters. The first kappa shape index (κ1) is 13.5. The standard InChI is InChI=1S/C14H15ClFN3O/c15-11-4-1-5-12(16)10(11)8-13-18-14(20-19-13)7-9-3-2-6-17-9/h1,4-5,9,17H,2-3,6-8H2. The van der Waals surface area contributed by atoms with Crippen LogP contribution in [0.4, 0.5) is 4.39 Å². The molecule has 106 valence electrons. The zero-order valence-electron chi connectivity index (χ0n) is 10.9. The number of benzene rings is 1. The van der Waals surface area contributed by atoms with Gasteiger partial charge in [-0.05, 0) is 31.5 Å². The minimum absolute atomic E-state index is 0.243. The molecule has 6 heteroatoms. The lowest BCUT2D eigenvalue weighted by Gasteiger charge is -2.04. The van der Waals surface area contributed by atoms with Crippen LogP contribution in [0.15, 0.2) is 22.7 Å². The second-order valence-electron chi connectivity index (χ2n) is 4.98. The first-order valence-electron chi connectivity index (χ1n) is 6.70. The Morgan fingerprint density at radius 2 is 2.35 bits per heavy atom. The molecule has 0 radical (unpaired) electrons. The molecule has 2 aromatic rings. The molecule has 1 aromatic carbocycles. The van der Waals surface area contributed by atoms with E-state index in [1.807, 2.05) is 0 Å². The molecule has 1 aromatic heterocycles. The van der Waals surface area contributed by atoms with Gasteiger partial charge in [0.1, 0.15) is 5.82 Å². The fraction of sp³-hybridized carbons (Fsp3) is 0.429. The SMILES string of the molecule is Fc1cccc(Cl)c1Cc1noc(CC2CCCN2)n1. The lowest BCUT2D eigenvalue weighted by atomic mass is 10.1. The van der Waals surface area contributed by atoms with Crippen LogP contribution < -0.4 is 5.32 Å². The van der Waals surface area contributed by atoms with Gasteiger partial charge in [0.05, 0.1) is 0 Å². The second-order valence-corrected chi connectivity index (χ2v) is 5.39. The Kier molecular flexibility index (Phi) is 3.98. The van der Waals surface area contributed by atoms with Crippen molar-refractivity contribution in [1.29, 1.82) is 0 Å². The van der Waals surface area contributed by atoms with Gasteiger partial charge in [-0.15, -0.1) is 0 Å². The number of nitrogens with zero attached hydrogens (tertiary/aromatic N) is 2. The molecule has 1 saturated heterocycles. The van der Waals surface area contributed by atoms with Gasteiger partial charge in [-0.25, -0.2) is 4.39 Å². The van der Waals surface area contributed by atoms with E-state index in [0.29, 0.717) is 28.3 Å². The predicted molar refractivity (Wildman–Crippen MR) is 73.2 cm³/mol. The van der Waals surface area contributed by atoms with Gasteiger partial charge in [0, 0.05) is 29.5 Å².